The molecule has 1 aliphatic rings. The standard InChI is InChI=1S/C25H23FN2O5/c1-31-22-8-4-6-17(24(22)32-2)13-28-14-18-12-20(9-10-21(18)33-15-23(28)29)27-25(30)16-5-3-7-19(26)11-16/h3-12H,13-15H2,1-2H3,(H,27,30). The van der Waals surface area contributed by atoms with Crippen molar-refractivity contribution < 1.29 is 28.2 Å². The van der Waals surface area contributed by atoms with Gasteiger partial charge in [-0.1, -0.05) is 18.2 Å². The minimum Gasteiger partial charge on any atom is -0.493 e. The van der Waals surface area contributed by atoms with Gasteiger partial charge in [0, 0.05) is 35.5 Å². The molecule has 0 aliphatic carbocycles. The predicted molar refractivity (Wildman–Crippen MR) is 120 cm³/mol. The number of hydrogen-bond acceptors (Lipinski definition) is 5. The Hall–Kier alpha value is -4.07. The molecule has 170 valence electrons. The maximum absolute atomic E-state index is 13.4. The van der Waals surface area contributed by atoms with E-state index in [0.29, 0.717) is 29.5 Å². The topological polar surface area (TPSA) is 77.1 Å². The first-order valence-corrected chi connectivity index (χ1v) is 10.3. The van der Waals surface area contributed by atoms with Crippen LogP contribution in [0, 0.1) is 5.82 Å². The number of methoxy groups -OCH3 is 2. The van der Waals surface area contributed by atoms with Gasteiger partial charge in [0.2, 0.25) is 0 Å². The number of amides is 2. The number of benzene rings is 3. The van der Waals surface area contributed by atoms with E-state index < -0.39 is 11.7 Å². The highest BCUT2D eigenvalue weighted by molar-refractivity contribution is 6.04. The molecule has 0 saturated carbocycles. The van der Waals surface area contributed by atoms with Crippen LogP contribution in [0.25, 0.3) is 0 Å². The van der Waals surface area contributed by atoms with Gasteiger partial charge in [-0.05, 0) is 42.5 Å². The van der Waals surface area contributed by atoms with E-state index in [1.54, 1.807) is 43.4 Å². The number of carbonyl (C=O) groups excluding carboxylic acids is 2. The summed E-state index contributed by atoms with van der Waals surface area (Å²) in [6.07, 6.45) is 0. The van der Waals surface area contributed by atoms with Crippen LogP contribution in [0.3, 0.4) is 0 Å². The molecule has 0 bridgehead atoms. The molecule has 0 saturated heterocycles. The van der Waals surface area contributed by atoms with Crippen molar-refractivity contribution in [2.45, 2.75) is 13.1 Å². The van der Waals surface area contributed by atoms with Gasteiger partial charge in [0.15, 0.2) is 18.1 Å². The first-order valence-electron chi connectivity index (χ1n) is 10.3. The van der Waals surface area contributed by atoms with E-state index in [1.807, 2.05) is 12.1 Å². The van der Waals surface area contributed by atoms with Gasteiger partial charge in [0.1, 0.15) is 11.6 Å². The summed E-state index contributed by atoms with van der Waals surface area (Å²) in [6.45, 7) is 0.467. The zero-order valence-electron chi connectivity index (χ0n) is 18.3. The second kappa shape index (κ2) is 9.60. The van der Waals surface area contributed by atoms with Gasteiger partial charge in [-0.3, -0.25) is 9.59 Å². The van der Waals surface area contributed by atoms with Crippen LogP contribution in [0.15, 0.2) is 60.7 Å². The van der Waals surface area contributed by atoms with Gasteiger partial charge >= 0.3 is 0 Å². The first-order chi connectivity index (χ1) is 16.0. The van der Waals surface area contributed by atoms with Gasteiger partial charge in [0.05, 0.1) is 14.2 Å². The lowest BCUT2D eigenvalue weighted by atomic mass is 10.1. The molecule has 4 rings (SSSR count). The monoisotopic (exact) mass is 450 g/mol. The molecule has 0 radical (unpaired) electrons. The minimum atomic E-state index is -0.486. The van der Waals surface area contributed by atoms with E-state index in [2.05, 4.69) is 5.32 Å². The Morgan fingerprint density at radius 2 is 1.91 bits per heavy atom. The second-order valence-corrected chi connectivity index (χ2v) is 7.48. The van der Waals surface area contributed by atoms with Crippen LogP contribution in [-0.4, -0.2) is 37.5 Å². The summed E-state index contributed by atoms with van der Waals surface area (Å²) in [5.41, 5.74) is 2.26. The molecule has 33 heavy (non-hydrogen) atoms. The molecule has 3 aromatic carbocycles. The van der Waals surface area contributed by atoms with Crippen molar-refractivity contribution >= 4 is 17.5 Å². The van der Waals surface area contributed by atoms with Gasteiger partial charge in [-0.25, -0.2) is 4.39 Å². The number of anilines is 1. The zero-order chi connectivity index (χ0) is 23.4. The lowest BCUT2D eigenvalue weighted by molar-refractivity contribution is -0.133. The highest BCUT2D eigenvalue weighted by Gasteiger charge is 2.24. The lowest BCUT2D eigenvalue weighted by Gasteiger charge is -2.22. The van der Waals surface area contributed by atoms with Gasteiger partial charge in [-0.15, -0.1) is 0 Å². The molecular formula is C25H23FN2O5. The Kier molecular flexibility index (Phi) is 6.44. The number of nitrogens with zero attached hydrogens (tertiary/aromatic N) is 1. The molecule has 3 aromatic rings. The quantitative estimate of drug-likeness (QED) is 0.614. The number of halogens is 1. The highest BCUT2D eigenvalue weighted by Crippen LogP contribution is 2.33. The SMILES string of the molecule is COc1cccc(CN2Cc3cc(NC(=O)c4cccc(F)c4)ccc3OCC2=O)c1OC. The molecule has 1 N–H and O–H groups in total. The highest BCUT2D eigenvalue weighted by atomic mass is 19.1. The molecular weight excluding hydrogens is 427 g/mol. The Bertz CT molecular complexity index is 1200. The summed E-state index contributed by atoms with van der Waals surface area (Å²) in [5.74, 6) is 0.609. The number of para-hydroxylation sites is 1. The molecule has 7 nitrogen and oxygen atoms in total. The van der Waals surface area contributed by atoms with Crippen molar-refractivity contribution in [3.05, 3.63) is 83.2 Å². The zero-order valence-corrected chi connectivity index (χ0v) is 18.3. The normalized spacial score (nSPS) is 12.9. The fraction of sp³-hybridized carbons (Fsp3) is 0.200. The smallest absolute Gasteiger partial charge is 0.261 e. The van der Waals surface area contributed by atoms with E-state index >= 15 is 0 Å². The lowest BCUT2D eigenvalue weighted by Crippen LogP contribution is -2.32. The van der Waals surface area contributed by atoms with E-state index in [0.717, 1.165) is 11.1 Å². The number of rotatable bonds is 6. The summed E-state index contributed by atoms with van der Waals surface area (Å²) >= 11 is 0. The van der Waals surface area contributed by atoms with E-state index in [4.69, 9.17) is 14.2 Å². The van der Waals surface area contributed by atoms with Crippen molar-refractivity contribution in [2.75, 3.05) is 26.1 Å². The summed E-state index contributed by atoms with van der Waals surface area (Å²) in [7, 11) is 3.11. The maximum atomic E-state index is 13.4. The third-order valence-electron chi connectivity index (χ3n) is 5.32. The third-order valence-corrected chi connectivity index (χ3v) is 5.32. The molecule has 1 heterocycles. The van der Waals surface area contributed by atoms with E-state index in [-0.39, 0.29) is 24.6 Å². The van der Waals surface area contributed by atoms with Crippen LogP contribution in [0.1, 0.15) is 21.5 Å². The van der Waals surface area contributed by atoms with Gasteiger partial charge in [0.25, 0.3) is 11.8 Å². The van der Waals surface area contributed by atoms with Crippen molar-refractivity contribution in [2.24, 2.45) is 0 Å². The summed E-state index contributed by atoms with van der Waals surface area (Å²) in [6, 6.07) is 16.1. The van der Waals surface area contributed by atoms with Crippen molar-refractivity contribution in [3.8, 4) is 17.2 Å². The van der Waals surface area contributed by atoms with Crippen LogP contribution < -0.4 is 19.5 Å². The number of carbonyl (C=O) groups is 2. The predicted octanol–water partition coefficient (Wildman–Crippen LogP) is 4.02. The molecule has 1 aliphatic heterocycles. The second-order valence-electron chi connectivity index (χ2n) is 7.48. The largest absolute Gasteiger partial charge is 0.493 e. The molecule has 8 heteroatoms. The number of hydrogen-bond donors (Lipinski definition) is 1. The summed E-state index contributed by atoms with van der Waals surface area (Å²) in [5, 5.41) is 2.76. The van der Waals surface area contributed by atoms with Crippen LogP contribution >= 0.6 is 0 Å². The van der Waals surface area contributed by atoms with Crippen LogP contribution in [0.5, 0.6) is 17.2 Å². The van der Waals surface area contributed by atoms with E-state index in [1.165, 1.54) is 24.3 Å². The first kappa shape index (κ1) is 22.1. The molecule has 0 fully saturated rings. The van der Waals surface area contributed by atoms with Crippen molar-refractivity contribution in [1.29, 1.82) is 0 Å². The summed E-state index contributed by atoms with van der Waals surface area (Å²) < 4.78 is 30.0. The van der Waals surface area contributed by atoms with Crippen molar-refractivity contribution in [1.82, 2.24) is 4.90 Å². The average molecular weight is 450 g/mol. The fourth-order valence-electron chi connectivity index (χ4n) is 3.71. The number of ether oxygens (including phenoxy) is 3. The van der Waals surface area contributed by atoms with Crippen LogP contribution in [-0.2, 0) is 17.9 Å². The van der Waals surface area contributed by atoms with Gasteiger partial charge < -0.3 is 24.4 Å². The Labute approximate surface area is 190 Å². The molecule has 0 atom stereocenters. The van der Waals surface area contributed by atoms with Crippen LogP contribution in [0.2, 0.25) is 0 Å². The number of nitrogens with one attached hydrogen (secondary N) is 1. The molecule has 0 spiro atoms. The Balaban J connectivity index is 1.56. The van der Waals surface area contributed by atoms with E-state index in [9.17, 15) is 14.0 Å². The Morgan fingerprint density at radius 1 is 1.09 bits per heavy atom. The minimum absolute atomic E-state index is 0.103. The third kappa shape index (κ3) is 4.90. The summed E-state index contributed by atoms with van der Waals surface area (Å²) in [4.78, 5) is 26.9. The number of fused-ring (bicyclic) bond motifs is 1. The van der Waals surface area contributed by atoms with Crippen LogP contribution in [0.4, 0.5) is 10.1 Å². The Morgan fingerprint density at radius 3 is 2.67 bits per heavy atom. The van der Waals surface area contributed by atoms with Crippen molar-refractivity contribution in [3.63, 3.8) is 0 Å². The maximum Gasteiger partial charge on any atom is 0.261 e. The fourth-order valence-corrected chi connectivity index (χ4v) is 3.71. The van der Waals surface area contributed by atoms with Gasteiger partial charge in [-0.2, -0.15) is 0 Å². The average Bonchev–Trinajstić information content (AvgIpc) is 2.97. The molecule has 0 unspecified atom stereocenters. The molecule has 0 aromatic heterocycles. The molecule has 2 amide bonds.